The minimum atomic E-state index is 0.104. The number of aromatic nitrogens is 1. The number of hydrogen-bond donors (Lipinski definition) is 0. The number of nitrogens with zero attached hydrogens (tertiary/aromatic N) is 2. The number of rotatable bonds is 4. The van der Waals surface area contributed by atoms with E-state index >= 15 is 0 Å². The lowest BCUT2D eigenvalue weighted by Gasteiger charge is -2.15. The molecular weight excluding hydrogens is 312 g/mol. The second kappa shape index (κ2) is 6.11. The summed E-state index contributed by atoms with van der Waals surface area (Å²) < 4.78 is 1.02. The SMILES string of the molecule is CN(Cc1nccs1)C(=O)Cc1ccc(Br)cc1. The summed E-state index contributed by atoms with van der Waals surface area (Å²) in [5.41, 5.74) is 1.02. The van der Waals surface area contributed by atoms with Gasteiger partial charge in [-0.05, 0) is 17.7 Å². The van der Waals surface area contributed by atoms with Gasteiger partial charge in [0.05, 0.1) is 13.0 Å². The van der Waals surface area contributed by atoms with Crippen LogP contribution in [-0.4, -0.2) is 22.8 Å². The van der Waals surface area contributed by atoms with Crippen LogP contribution in [0.4, 0.5) is 0 Å². The molecule has 1 heterocycles. The minimum absolute atomic E-state index is 0.104. The Kier molecular flexibility index (Phi) is 4.49. The number of amides is 1. The number of carbonyl (C=O) groups excluding carboxylic acids is 1. The highest BCUT2D eigenvalue weighted by Crippen LogP contribution is 2.12. The molecule has 0 aliphatic carbocycles. The first kappa shape index (κ1) is 13.2. The number of thiazole rings is 1. The van der Waals surface area contributed by atoms with Gasteiger partial charge < -0.3 is 4.90 Å². The zero-order chi connectivity index (χ0) is 13.0. The fourth-order valence-corrected chi connectivity index (χ4v) is 2.47. The van der Waals surface area contributed by atoms with Gasteiger partial charge >= 0.3 is 0 Å². The topological polar surface area (TPSA) is 33.2 Å². The molecule has 0 N–H and O–H groups in total. The van der Waals surface area contributed by atoms with E-state index < -0.39 is 0 Å². The van der Waals surface area contributed by atoms with Gasteiger partial charge in [0.25, 0.3) is 0 Å². The normalized spacial score (nSPS) is 10.3. The predicted octanol–water partition coefficient (Wildman–Crippen LogP) is 3.11. The fraction of sp³-hybridized carbons (Fsp3) is 0.231. The summed E-state index contributed by atoms with van der Waals surface area (Å²) >= 11 is 4.94. The molecule has 0 bridgehead atoms. The van der Waals surface area contributed by atoms with Gasteiger partial charge in [0.2, 0.25) is 5.91 Å². The standard InChI is InChI=1S/C13H13BrN2OS/c1-16(9-12-15-6-7-18-12)13(17)8-10-2-4-11(14)5-3-10/h2-7H,8-9H2,1H3. The van der Waals surface area contributed by atoms with Crippen molar-refractivity contribution in [3.05, 3.63) is 50.9 Å². The van der Waals surface area contributed by atoms with Crippen molar-refractivity contribution < 1.29 is 4.79 Å². The van der Waals surface area contributed by atoms with Crippen molar-refractivity contribution in [2.75, 3.05) is 7.05 Å². The maximum Gasteiger partial charge on any atom is 0.227 e. The van der Waals surface area contributed by atoms with Crippen LogP contribution in [0.15, 0.2) is 40.3 Å². The van der Waals surface area contributed by atoms with E-state index in [9.17, 15) is 4.79 Å². The zero-order valence-corrected chi connectivity index (χ0v) is 12.4. The van der Waals surface area contributed by atoms with Crippen LogP contribution >= 0.6 is 27.3 Å². The summed E-state index contributed by atoms with van der Waals surface area (Å²) in [6.45, 7) is 0.576. The van der Waals surface area contributed by atoms with E-state index in [0.717, 1.165) is 15.0 Å². The van der Waals surface area contributed by atoms with Crippen LogP contribution in [0, 0.1) is 0 Å². The number of likely N-dealkylation sites (N-methyl/N-ethyl adjacent to an activating group) is 1. The number of halogens is 1. The van der Waals surface area contributed by atoms with E-state index in [1.54, 1.807) is 22.4 Å². The molecule has 1 aromatic heterocycles. The fourth-order valence-electron chi connectivity index (χ4n) is 1.53. The summed E-state index contributed by atoms with van der Waals surface area (Å²) in [7, 11) is 1.81. The molecule has 1 amide bonds. The number of benzene rings is 1. The first-order valence-electron chi connectivity index (χ1n) is 5.52. The summed E-state index contributed by atoms with van der Waals surface area (Å²) in [6.07, 6.45) is 2.18. The summed E-state index contributed by atoms with van der Waals surface area (Å²) in [5.74, 6) is 0.104. The van der Waals surface area contributed by atoms with Crippen LogP contribution in [0.25, 0.3) is 0 Å². The second-order valence-corrected chi connectivity index (χ2v) is 5.87. The molecule has 0 saturated carbocycles. The van der Waals surface area contributed by atoms with Crippen LogP contribution in [0.3, 0.4) is 0 Å². The average Bonchev–Trinajstić information content (AvgIpc) is 2.85. The lowest BCUT2D eigenvalue weighted by molar-refractivity contribution is -0.129. The highest BCUT2D eigenvalue weighted by molar-refractivity contribution is 9.10. The maximum atomic E-state index is 12.0. The van der Waals surface area contributed by atoms with Crippen molar-refractivity contribution in [2.45, 2.75) is 13.0 Å². The van der Waals surface area contributed by atoms with Crippen LogP contribution in [0.2, 0.25) is 0 Å². The van der Waals surface area contributed by atoms with Gasteiger partial charge in [-0.25, -0.2) is 4.98 Å². The smallest absolute Gasteiger partial charge is 0.227 e. The maximum absolute atomic E-state index is 12.0. The van der Waals surface area contributed by atoms with Crippen LogP contribution < -0.4 is 0 Å². The highest BCUT2D eigenvalue weighted by Gasteiger charge is 2.11. The lowest BCUT2D eigenvalue weighted by Crippen LogP contribution is -2.27. The van der Waals surface area contributed by atoms with Gasteiger partial charge in [-0.3, -0.25) is 4.79 Å². The third-order valence-corrected chi connectivity index (χ3v) is 3.84. The lowest BCUT2D eigenvalue weighted by atomic mass is 10.1. The summed E-state index contributed by atoms with van der Waals surface area (Å²) in [4.78, 5) is 17.9. The molecule has 0 aliphatic rings. The molecule has 0 atom stereocenters. The Morgan fingerprint density at radius 2 is 2.11 bits per heavy atom. The van der Waals surface area contributed by atoms with Crippen LogP contribution in [-0.2, 0) is 17.8 Å². The van der Waals surface area contributed by atoms with Crippen molar-refractivity contribution >= 4 is 33.2 Å². The quantitative estimate of drug-likeness (QED) is 0.865. The molecule has 0 fully saturated rings. The third-order valence-electron chi connectivity index (χ3n) is 2.55. The molecule has 0 unspecified atom stereocenters. The molecule has 5 heteroatoms. The van der Waals surface area contributed by atoms with Gasteiger partial charge in [0.1, 0.15) is 5.01 Å². The summed E-state index contributed by atoms with van der Waals surface area (Å²) in [6, 6.07) is 7.81. The molecule has 0 radical (unpaired) electrons. The number of carbonyl (C=O) groups is 1. The van der Waals surface area contributed by atoms with Crippen LogP contribution in [0.1, 0.15) is 10.6 Å². The van der Waals surface area contributed by atoms with Gasteiger partial charge in [-0.15, -0.1) is 11.3 Å². The van der Waals surface area contributed by atoms with Gasteiger partial charge in [0.15, 0.2) is 0 Å². The third kappa shape index (κ3) is 3.65. The monoisotopic (exact) mass is 324 g/mol. The molecule has 3 nitrogen and oxygen atoms in total. The van der Waals surface area contributed by atoms with E-state index in [2.05, 4.69) is 20.9 Å². The Morgan fingerprint density at radius 3 is 2.72 bits per heavy atom. The molecular formula is C13H13BrN2OS. The summed E-state index contributed by atoms with van der Waals surface area (Å²) in [5, 5.41) is 2.88. The Bertz CT molecular complexity index is 510. The van der Waals surface area contributed by atoms with E-state index in [-0.39, 0.29) is 5.91 Å². The Morgan fingerprint density at radius 1 is 1.39 bits per heavy atom. The zero-order valence-electron chi connectivity index (χ0n) is 9.97. The molecule has 1 aromatic carbocycles. The van der Waals surface area contributed by atoms with E-state index in [1.807, 2.05) is 36.7 Å². The molecule has 0 aliphatic heterocycles. The Labute approximate surface area is 119 Å². The van der Waals surface area contributed by atoms with Crippen molar-refractivity contribution in [3.8, 4) is 0 Å². The van der Waals surface area contributed by atoms with Gasteiger partial charge in [-0.2, -0.15) is 0 Å². The molecule has 18 heavy (non-hydrogen) atoms. The molecule has 0 saturated heterocycles. The van der Waals surface area contributed by atoms with Crippen molar-refractivity contribution in [1.29, 1.82) is 0 Å². The molecule has 2 aromatic rings. The Hall–Kier alpha value is -1.20. The van der Waals surface area contributed by atoms with Crippen molar-refractivity contribution in [3.63, 3.8) is 0 Å². The first-order valence-corrected chi connectivity index (χ1v) is 7.19. The van der Waals surface area contributed by atoms with E-state index in [1.165, 1.54) is 0 Å². The van der Waals surface area contributed by atoms with Crippen molar-refractivity contribution in [2.24, 2.45) is 0 Å². The first-order chi connectivity index (χ1) is 8.65. The van der Waals surface area contributed by atoms with Gasteiger partial charge in [-0.1, -0.05) is 28.1 Å². The average molecular weight is 325 g/mol. The van der Waals surface area contributed by atoms with Gasteiger partial charge in [0, 0.05) is 23.1 Å². The Balaban J connectivity index is 1.93. The second-order valence-electron chi connectivity index (χ2n) is 3.98. The number of hydrogen-bond acceptors (Lipinski definition) is 3. The molecule has 94 valence electrons. The highest BCUT2D eigenvalue weighted by atomic mass is 79.9. The predicted molar refractivity (Wildman–Crippen MR) is 76.4 cm³/mol. The minimum Gasteiger partial charge on any atom is -0.339 e. The van der Waals surface area contributed by atoms with E-state index in [4.69, 9.17) is 0 Å². The van der Waals surface area contributed by atoms with Crippen molar-refractivity contribution in [1.82, 2.24) is 9.88 Å². The molecule has 2 rings (SSSR count). The van der Waals surface area contributed by atoms with E-state index in [0.29, 0.717) is 13.0 Å². The van der Waals surface area contributed by atoms with Crippen LogP contribution in [0.5, 0.6) is 0 Å². The largest absolute Gasteiger partial charge is 0.339 e. The molecule has 0 spiro atoms.